The van der Waals surface area contributed by atoms with E-state index in [0.29, 0.717) is 6.54 Å². The molecule has 0 bridgehead atoms. The van der Waals surface area contributed by atoms with Gasteiger partial charge in [0.15, 0.2) is 5.82 Å². The van der Waals surface area contributed by atoms with Crippen molar-refractivity contribution in [2.45, 2.75) is 26.3 Å². The van der Waals surface area contributed by atoms with Crippen LogP contribution >= 0.6 is 0 Å². The average Bonchev–Trinajstić information content (AvgIpc) is 2.66. The van der Waals surface area contributed by atoms with Crippen molar-refractivity contribution < 1.29 is 18.3 Å². The van der Waals surface area contributed by atoms with Crippen molar-refractivity contribution in [3.8, 4) is 0 Å². The van der Waals surface area contributed by atoms with E-state index in [1.54, 1.807) is 6.92 Å². The number of esters is 1. The zero-order valence-corrected chi connectivity index (χ0v) is 8.54. The number of ether oxygens (including phenoxy) is 1. The van der Waals surface area contributed by atoms with E-state index in [-0.39, 0.29) is 6.61 Å². The topological polar surface area (TPSA) is 44.1 Å². The predicted molar refractivity (Wildman–Crippen MR) is 48.4 cm³/mol. The molecule has 1 aromatic rings. The standard InChI is InChI=1S/C9H12F2N2O2/c1-3-13-6-5-12-7(13)9(10,11)8(14)15-4-2/h5-6H,3-4H2,1-2H3. The molecular formula is C9H12F2N2O2. The second-order valence-corrected chi connectivity index (χ2v) is 2.83. The lowest BCUT2D eigenvalue weighted by atomic mass is 10.3. The summed E-state index contributed by atoms with van der Waals surface area (Å²) in [5, 5.41) is 0. The van der Waals surface area contributed by atoms with E-state index in [1.807, 2.05) is 0 Å². The lowest BCUT2D eigenvalue weighted by Gasteiger charge is -2.14. The van der Waals surface area contributed by atoms with Crippen LogP contribution in [0.2, 0.25) is 0 Å². The molecule has 0 aliphatic carbocycles. The molecular weight excluding hydrogens is 206 g/mol. The van der Waals surface area contributed by atoms with Crippen LogP contribution in [0.25, 0.3) is 0 Å². The molecule has 15 heavy (non-hydrogen) atoms. The van der Waals surface area contributed by atoms with Crippen LogP contribution in [0, 0.1) is 0 Å². The zero-order chi connectivity index (χ0) is 11.5. The van der Waals surface area contributed by atoms with E-state index >= 15 is 0 Å². The summed E-state index contributed by atoms with van der Waals surface area (Å²) in [6.07, 6.45) is 2.62. The molecule has 0 aromatic carbocycles. The molecule has 0 radical (unpaired) electrons. The Labute approximate surface area is 85.9 Å². The monoisotopic (exact) mass is 218 g/mol. The molecule has 0 aliphatic heterocycles. The Morgan fingerprint density at radius 2 is 2.27 bits per heavy atom. The van der Waals surface area contributed by atoms with Crippen molar-refractivity contribution in [3.63, 3.8) is 0 Å². The van der Waals surface area contributed by atoms with Crippen molar-refractivity contribution in [1.82, 2.24) is 9.55 Å². The SMILES string of the molecule is CCOC(=O)C(F)(F)c1nccn1CC. The van der Waals surface area contributed by atoms with Crippen molar-refractivity contribution in [3.05, 3.63) is 18.2 Å². The largest absolute Gasteiger partial charge is 0.461 e. The van der Waals surface area contributed by atoms with Crippen LogP contribution in [0.15, 0.2) is 12.4 Å². The summed E-state index contributed by atoms with van der Waals surface area (Å²) in [5.41, 5.74) is 0. The maximum absolute atomic E-state index is 13.5. The Balaban J connectivity index is 2.99. The molecule has 0 saturated carbocycles. The summed E-state index contributed by atoms with van der Waals surface area (Å²) in [6, 6.07) is 0. The highest BCUT2D eigenvalue weighted by Gasteiger charge is 2.46. The van der Waals surface area contributed by atoms with Crippen molar-refractivity contribution >= 4 is 5.97 Å². The first-order chi connectivity index (χ1) is 7.04. The highest BCUT2D eigenvalue weighted by atomic mass is 19.3. The Morgan fingerprint density at radius 3 is 2.80 bits per heavy atom. The smallest absolute Gasteiger partial charge is 0.399 e. The second-order valence-electron chi connectivity index (χ2n) is 2.83. The van der Waals surface area contributed by atoms with Crippen LogP contribution in [0.4, 0.5) is 8.78 Å². The van der Waals surface area contributed by atoms with Gasteiger partial charge >= 0.3 is 11.9 Å². The van der Waals surface area contributed by atoms with Gasteiger partial charge in [0, 0.05) is 18.9 Å². The fourth-order valence-electron chi connectivity index (χ4n) is 1.16. The number of nitrogens with zero attached hydrogens (tertiary/aromatic N) is 2. The summed E-state index contributed by atoms with van der Waals surface area (Å²) < 4.78 is 32.4. The number of carbonyl (C=O) groups excluding carboxylic acids is 1. The molecule has 0 unspecified atom stereocenters. The number of halogens is 2. The molecule has 6 heteroatoms. The molecule has 0 saturated heterocycles. The number of imidazole rings is 1. The number of carbonyl (C=O) groups is 1. The number of hydrogen-bond donors (Lipinski definition) is 0. The number of aromatic nitrogens is 2. The third-order valence-electron chi connectivity index (χ3n) is 1.87. The average molecular weight is 218 g/mol. The molecule has 1 aromatic heterocycles. The second kappa shape index (κ2) is 4.37. The minimum atomic E-state index is -3.69. The van der Waals surface area contributed by atoms with Gasteiger partial charge in [-0.25, -0.2) is 9.78 Å². The van der Waals surface area contributed by atoms with Gasteiger partial charge in [-0.15, -0.1) is 0 Å². The Morgan fingerprint density at radius 1 is 1.60 bits per heavy atom. The summed E-state index contributed by atoms with van der Waals surface area (Å²) >= 11 is 0. The lowest BCUT2D eigenvalue weighted by Crippen LogP contribution is -2.31. The molecule has 1 rings (SSSR count). The van der Waals surface area contributed by atoms with Crippen molar-refractivity contribution in [1.29, 1.82) is 0 Å². The minimum absolute atomic E-state index is 0.0821. The third kappa shape index (κ3) is 2.14. The van der Waals surface area contributed by atoms with E-state index in [2.05, 4.69) is 9.72 Å². The number of alkyl halides is 2. The molecule has 84 valence electrons. The van der Waals surface area contributed by atoms with E-state index in [0.717, 1.165) is 0 Å². The fraction of sp³-hybridized carbons (Fsp3) is 0.556. The molecule has 0 N–H and O–H groups in total. The van der Waals surface area contributed by atoms with Crippen LogP contribution < -0.4 is 0 Å². The van der Waals surface area contributed by atoms with Crippen LogP contribution in [-0.4, -0.2) is 22.1 Å². The Bertz CT molecular complexity index is 350. The summed E-state index contributed by atoms with van der Waals surface area (Å²) in [5.74, 6) is -5.83. The van der Waals surface area contributed by atoms with E-state index in [1.165, 1.54) is 23.9 Å². The molecule has 0 atom stereocenters. The molecule has 0 spiro atoms. The van der Waals surface area contributed by atoms with Gasteiger partial charge in [-0.3, -0.25) is 0 Å². The number of hydrogen-bond acceptors (Lipinski definition) is 3. The van der Waals surface area contributed by atoms with E-state index < -0.39 is 17.7 Å². The van der Waals surface area contributed by atoms with Crippen molar-refractivity contribution in [2.75, 3.05) is 6.61 Å². The first-order valence-electron chi connectivity index (χ1n) is 4.60. The lowest BCUT2D eigenvalue weighted by molar-refractivity contribution is -0.174. The third-order valence-corrected chi connectivity index (χ3v) is 1.87. The Hall–Kier alpha value is -1.46. The predicted octanol–water partition coefficient (Wildman–Crippen LogP) is 1.56. The van der Waals surface area contributed by atoms with Crippen LogP contribution in [0.5, 0.6) is 0 Å². The van der Waals surface area contributed by atoms with Crippen LogP contribution in [-0.2, 0) is 22.0 Å². The maximum Gasteiger partial charge on any atom is 0.399 e. The summed E-state index contributed by atoms with van der Waals surface area (Å²) in [6.45, 7) is 3.40. The van der Waals surface area contributed by atoms with E-state index in [4.69, 9.17) is 0 Å². The number of rotatable bonds is 4. The quantitative estimate of drug-likeness (QED) is 0.720. The first kappa shape index (κ1) is 11.6. The van der Waals surface area contributed by atoms with E-state index in [9.17, 15) is 13.6 Å². The molecule has 0 amide bonds. The Kier molecular flexibility index (Phi) is 3.39. The molecule has 0 aliphatic rings. The van der Waals surface area contributed by atoms with Crippen LogP contribution in [0.1, 0.15) is 19.7 Å². The van der Waals surface area contributed by atoms with Gasteiger partial charge in [0.1, 0.15) is 0 Å². The zero-order valence-electron chi connectivity index (χ0n) is 8.54. The maximum atomic E-state index is 13.5. The van der Waals surface area contributed by atoms with Gasteiger partial charge in [-0.2, -0.15) is 8.78 Å². The highest BCUT2D eigenvalue weighted by Crippen LogP contribution is 2.27. The minimum Gasteiger partial charge on any atom is -0.461 e. The van der Waals surface area contributed by atoms with Crippen molar-refractivity contribution in [2.24, 2.45) is 0 Å². The normalized spacial score (nSPS) is 11.5. The molecule has 0 fully saturated rings. The fourth-order valence-corrected chi connectivity index (χ4v) is 1.16. The number of aryl methyl sites for hydroxylation is 1. The van der Waals surface area contributed by atoms with Gasteiger partial charge in [-0.05, 0) is 13.8 Å². The van der Waals surface area contributed by atoms with Gasteiger partial charge in [-0.1, -0.05) is 0 Å². The molecule has 4 nitrogen and oxygen atoms in total. The summed E-state index contributed by atoms with van der Waals surface area (Å²) in [7, 11) is 0. The van der Waals surface area contributed by atoms with Gasteiger partial charge in [0.2, 0.25) is 0 Å². The first-order valence-corrected chi connectivity index (χ1v) is 4.60. The van der Waals surface area contributed by atoms with Gasteiger partial charge in [0.25, 0.3) is 0 Å². The van der Waals surface area contributed by atoms with Crippen LogP contribution in [0.3, 0.4) is 0 Å². The highest BCUT2D eigenvalue weighted by molar-refractivity contribution is 5.78. The summed E-state index contributed by atoms with van der Waals surface area (Å²) in [4.78, 5) is 14.5. The van der Waals surface area contributed by atoms with Gasteiger partial charge in [0.05, 0.1) is 6.61 Å². The molecule has 1 heterocycles. The van der Waals surface area contributed by atoms with Gasteiger partial charge < -0.3 is 9.30 Å².